The zero-order chi connectivity index (χ0) is 25.5. The first-order valence-corrected chi connectivity index (χ1v) is 11.6. The monoisotopic (exact) mass is 480 g/mol. The summed E-state index contributed by atoms with van der Waals surface area (Å²) in [5, 5.41) is 2.54. The third-order valence-corrected chi connectivity index (χ3v) is 6.46. The van der Waals surface area contributed by atoms with Crippen LogP contribution in [0, 0.1) is 5.82 Å². The number of amides is 2. The highest BCUT2D eigenvalue weighted by Crippen LogP contribution is 2.36. The molecule has 0 spiro atoms. The van der Waals surface area contributed by atoms with Crippen LogP contribution in [0.5, 0.6) is 0 Å². The number of nitrogens with zero attached hydrogens (tertiary/aromatic N) is 1. The largest absolute Gasteiger partial charge is 0.494 e. The minimum Gasteiger partial charge on any atom is -0.444 e. The lowest BCUT2D eigenvalue weighted by molar-refractivity contribution is -0.132. The number of carbonyl (C=O) groups is 2. The van der Waals surface area contributed by atoms with Crippen molar-refractivity contribution in [1.29, 1.82) is 0 Å². The molecule has 7 nitrogen and oxygen atoms in total. The maximum Gasteiger partial charge on any atom is 0.494 e. The minimum atomic E-state index is -1.11. The van der Waals surface area contributed by atoms with Gasteiger partial charge in [0.25, 0.3) is 0 Å². The number of benzene rings is 1. The topological polar surface area (TPSA) is 77.1 Å². The molecule has 2 saturated heterocycles. The van der Waals surface area contributed by atoms with Crippen LogP contribution < -0.4 is 10.8 Å². The van der Waals surface area contributed by atoms with Gasteiger partial charge in [-0.3, -0.25) is 4.79 Å². The summed E-state index contributed by atoms with van der Waals surface area (Å²) in [6.07, 6.45) is -1.78. The quantitative estimate of drug-likeness (QED) is 0.656. The lowest BCUT2D eigenvalue weighted by atomic mass is 9.78. The number of alkyl carbamates (subject to hydrolysis) is 1. The van der Waals surface area contributed by atoms with E-state index >= 15 is 4.39 Å². The molecule has 1 N–H and O–H groups in total. The lowest BCUT2D eigenvalue weighted by Crippen LogP contribution is -2.50. The van der Waals surface area contributed by atoms with Crippen LogP contribution in [0.2, 0.25) is 0 Å². The lowest BCUT2D eigenvalue weighted by Gasteiger charge is -2.32. The highest BCUT2D eigenvalue weighted by molar-refractivity contribution is 6.62. The average Bonchev–Trinajstić information content (AvgIpc) is 3.20. The second-order valence-electron chi connectivity index (χ2n) is 11.0. The third kappa shape index (κ3) is 6.07. The van der Waals surface area contributed by atoms with Crippen molar-refractivity contribution < 1.29 is 32.4 Å². The minimum absolute atomic E-state index is 0.0469. The van der Waals surface area contributed by atoms with E-state index in [1.165, 1.54) is 11.0 Å². The van der Waals surface area contributed by atoms with E-state index in [4.69, 9.17) is 14.0 Å². The van der Waals surface area contributed by atoms with Crippen molar-refractivity contribution in [3.63, 3.8) is 0 Å². The number of rotatable bonds is 5. The number of hydrogen-bond acceptors (Lipinski definition) is 5. The number of nitrogens with one attached hydrogen (secondary N) is 1. The first-order valence-electron chi connectivity index (χ1n) is 11.6. The summed E-state index contributed by atoms with van der Waals surface area (Å²) >= 11 is 0. The molecule has 3 rings (SSSR count). The van der Waals surface area contributed by atoms with Crippen molar-refractivity contribution in [2.75, 3.05) is 13.1 Å². The molecule has 0 aromatic heterocycles. The van der Waals surface area contributed by atoms with Gasteiger partial charge in [0.2, 0.25) is 5.91 Å². The molecule has 0 aliphatic carbocycles. The number of alkyl halides is 1. The van der Waals surface area contributed by atoms with Gasteiger partial charge in [-0.25, -0.2) is 13.6 Å². The number of halogens is 2. The smallest absolute Gasteiger partial charge is 0.444 e. The molecule has 2 aliphatic heterocycles. The fraction of sp³-hybridized carbons (Fsp3) is 0.667. The molecular weight excluding hydrogens is 445 g/mol. The second-order valence-corrected chi connectivity index (χ2v) is 11.0. The molecule has 0 radical (unpaired) electrons. The number of likely N-dealkylation sites (tertiary alicyclic amines) is 1. The van der Waals surface area contributed by atoms with E-state index in [-0.39, 0.29) is 31.5 Å². The van der Waals surface area contributed by atoms with Crippen LogP contribution in [0.1, 0.15) is 60.5 Å². The Morgan fingerprint density at radius 1 is 1.24 bits per heavy atom. The molecule has 2 fully saturated rings. The van der Waals surface area contributed by atoms with Crippen LogP contribution in [-0.2, 0) is 25.3 Å². The van der Waals surface area contributed by atoms with Crippen molar-refractivity contribution in [2.45, 2.75) is 90.3 Å². The van der Waals surface area contributed by atoms with Gasteiger partial charge >= 0.3 is 13.2 Å². The Kier molecular flexibility index (Phi) is 7.34. The zero-order valence-corrected chi connectivity index (χ0v) is 21.0. The maximum absolute atomic E-state index is 15.1. The third-order valence-electron chi connectivity index (χ3n) is 6.46. The van der Waals surface area contributed by atoms with E-state index in [9.17, 15) is 14.0 Å². The number of carbonyl (C=O) groups excluding carboxylic acids is 2. The van der Waals surface area contributed by atoms with Crippen LogP contribution in [0.25, 0.3) is 0 Å². The molecular formula is C24H35BF2N2O5. The summed E-state index contributed by atoms with van der Waals surface area (Å²) in [6.45, 7) is 13.0. The van der Waals surface area contributed by atoms with E-state index in [2.05, 4.69) is 5.32 Å². The van der Waals surface area contributed by atoms with Crippen molar-refractivity contribution in [3.8, 4) is 0 Å². The predicted molar refractivity (Wildman–Crippen MR) is 125 cm³/mol. The molecule has 1 aromatic carbocycles. The Hall–Kier alpha value is -2.20. The van der Waals surface area contributed by atoms with Gasteiger partial charge in [0, 0.05) is 13.0 Å². The molecule has 1 aromatic rings. The van der Waals surface area contributed by atoms with Gasteiger partial charge in [0.05, 0.1) is 17.7 Å². The summed E-state index contributed by atoms with van der Waals surface area (Å²) in [7, 11) is -0.725. The van der Waals surface area contributed by atoms with Gasteiger partial charge in [-0.1, -0.05) is 12.1 Å². The molecule has 2 heterocycles. The van der Waals surface area contributed by atoms with Gasteiger partial charge in [0.1, 0.15) is 23.6 Å². The second kappa shape index (κ2) is 9.45. The van der Waals surface area contributed by atoms with E-state index in [0.717, 1.165) is 0 Å². The summed E-state index contributed by atoms with van der Waals surface area (Å²) in [5.41, 5.74) is -1.16. The zero-order valence-electron chi connectivity index (χ0n) is 21.0. The molecule has 2 aliphatic rings. The summed E-state index contributed by atoms with van der Waals surface area (Å²) in [4.78, 5) is 26.8. The molecule has 0 bridgehead atoms. The standard InChI is InChI=1S/C24H35BF2N2O5/c1-22(2,3)32-21(31)28-19(20(30)29-11-10-17(26)14-29)12-15-8-9-16(13-18(15)27)25-33-23(4,5)24(6,7)34-25/h8-9,13,17,19H,10-12,14H2,1-7H3,(H,28,31)/t17-,19?/m0/s1. The molecule has 10 heteroatoms. The van der Waals surface area contributed by atoms with Gasteiger partial charge < -0.3 is 24.3 Å². The fourth-order valence-corrected chi connectivity index (χ4v) is 3.86. The summed E-state index contributed by atoms with van der Waals surface area (Å²) < 4.78 is 46.0. The highest BCUT2D eigenvalue weighted by atomic mass is 19.1. The van der Waals surface area contributed by atoms with Crippen molar-refractivity contribution in [1.82, 2.24) is 10.2 Å². The first kappa shape index (κ1) is 26.4. The van der Waals surface area contributed by atoms with Crippen LogP contribution >= 0.6 is 0 Å². The number of hydrogen-bond donors (Lipinski definition) is 1. The fourth-order valence-electron chi connectivity index (χ4n) is 3.86. The molecule has 188 valence electrons. The van der Waals surface area contributed by atoms with Crippen molar-refractivity contribution in [3.05, 3.63) is 29.6 Å². The summed E-state index contributed by atoms with van der Waals surface area (Å²) in [6, 6.07) is 3.45. The molecule has 0 saturated carbocycles. The van der Waals surface area contributed by atoms with Crippen LogP contribution in [0.3, 0.4) is 0 Å². The maximum atomic E-state index is 15.1. The average molecular weight is 480 g/mol. The normalized spacial score (nSPS) is 22.6. The van der Waals surface area contributed by atoms with Gasteiger partial charge in [-0.05, 0) is 72.0 Å². The van der Waals surface area contributed by atoms with Gasteiger partial charge in [0.15, 0.2) is 0 Å². The first-order chi connectivity index (χ1) is 15.6. The Balaban J connectivity index is 1.78. The predicted octanol–water partition coefficient (Wildman–Crippen LogP) is 3.13. The Morgan fingerprint density at radius 3 is 2.35 bits per heavy atom. The van der Waals surface area contributed by atoms with Gasteiger partial charge in [-0.15, -0.1) is 0 Å². The van der Waals surface area contributed by atoms with E-state index in [0.29, 0.717) is 5.46 Å². The molecule has 1 unspecified atom stereocenters. The Morgan fingerprint density at radius 2 is 1.85 bits per heavy atom. The van der Waals surface area contributed by atoms with Crippen molar-refractivity contribution in [2.24, 2.45) is 0 Å². The van der Waals surface area contributed by atoms with Crippen molar-refractivity contribution >= 4 is 24.6 Å². The number of ether oxygens (including phenoxy) is 1. The Labute approximate surface area is 200 Å². The molecule has 2 amide bonds. The van der Waals surface area contributed by atoms with E-state index in [1.807, 2.05) is 27.7 Å². The van der Waals surface area contributed by atoms with Crippen LogP contribution in [-0.4, -0.2) is 66.1 Å². The SMILES string of the molecule is CC(C)(C)OC(=O)NC(Cc1ccc(B2OC(C)(C)C(C)(C)O2)cc1F)C(=O)N1CC[C@H](F)C1. The van der Waals surface area contributed by atoms with Crippen LogP contribution in [0.4, 0.5) is 13.6 Å². The summed E-state index contributed by atoms with van der Waals surface area (Å²) in [5.74, 6) is -1.03. The molecule has 2 atom stereocenters. The van der Waals surface area contributed by atoms with E-state index in [1.54, 1.807) is 32.9 Å². The Bertz CT molecular complexity index is 918. The van der Waals surface area contributed by atoms with E-state index < -0.39 is 54.0 Å². The molecule has 34 heavy (non-hydrogen) atoms. The van der Waals surface area contributed by atoms with Gasteiger partial charge in [-0.2, -0.15) is 0 Å². The highest BCUT2D eigenvalue weighted by Gasteiger charge is 2.51. The van der Waals surface area contributed by atoms with Crippen LogP contribution in [0.15, 0.2) is 18.2 Å².